The number of aromatic nitrogens is 1. The van der Waals surface area contributed by atoms with Gasteiger partial charge >= 0.3 is 6.09 Å². The molecule has 4 rings (SSSR count). The molecule has 25 heavy (non-hydrogen) atoms. The number of cyclic esters (lactones) is 1. The van der Waals surface area contributed by atoms with Crippen LogP contribution < -0.4 is 4.90 Å². The molecule has 0 bridgehead atoms. The Hall–Kier alpha value is -1.70. The van der Waals surface area contributed by atoms with E-state index in [0.29, 0.717) is 32.3 Å². The molecule has 3 fully saturated rings. The van der Waals surface area contributed by atoms with E-state index >= 15 is 0 Å². The average molecular weight is 348 g/mol. The Kier molecular flexibility index (Phi) is 4.62. The lowest BCUT2D eigenvalue weighted by molar-refractivity contribution is -0.178. The van der Waals surface area contributed by atoms with Gasteiger partial charge < -0.3 is 18.9 Å². The molecule has 3 aliphatic rings. The van der Waals surface area contributed by atoms with E-state index in [4.69, 9.17) is 18.9 Å². The monoisotopic (exact) mass is 348 g/mol. The maximum Gasteiger partial charge on any atom is 0.414 e. The van der Waals surface area contributed by atoms with Gasteiger partial charge in [-0.25, -0.2) is 4.79 Å². The van der Waals surface area contributed by atoms with Crippen LogP contribution in [0.15, 0.2) is 18.3 Å². The number of methoxy groups -OCH3 is 1. The summed E-state index contributed by atoms with van der Waals surface area (Å²) >= 11 is 0. The molecule has 1 amide bonds. The molecule has 2 aliphatic heterocycles. The molecular formula is C18H24N2O5. The zero-order chi connectivity index (χ0) is 17.3. The standard InChI is InChI=1S/C18H24N2O5/c1-22-12-15-11-20(17(21)25-15)14-2-3-16(19-10-14)13-4-6-18(7-5-13)23-8-9-24-18/h2-3,10,13,15H,4-9,11-12H2,1H3. The third-order valence-corrected chi connectivity index (χ3v) is 5.29. The maximum absolute atomic E-state index is 12.0. The molecule has 0 radical (unpaired) electrons. The summed E-state index contributed by atoms with van der Waals surface area (Å²) < 4.78 is 21.9. The van der Waals surface area contributed by atoms with Crippen molar-refractivity contribution in [2.24, 2.45) is 0 Å². The Morgan fingerprint density at radius 2 is 2.04 bits per heavy atom. The number of rotatable bonds is 4. The summed E-state index contributed by atoms with van der Waals surface area (Å²) in [5, 5.41) is 0. The van der Waals surface area contributed by atoms with E-state index in [9.17, 15) is 4.79 Å². The van der Waals surface area contributed by atoms with Gasteiger partial charge in [0, 0.05) is 31.6 Å². The smallest absolute Gasteiger partial charge is 0.414 e. The molecule has 7 heteroatoms. The number of nitrogens with zero attached hydrogens (tertiary/aromatic N) is 2. The van der Waals surface area contributed by atoms with E-state index < -0.39 is 0 Å². The number of ether oxygens (including phenoxy) is 4. The molecule has 1 unspecified atom stereocenters. The van der Waals surface area contributed by atoms with Crippen molar-refractivity contribution in [2.45, 2.75) is 43.5 Å². The highest BCUT2D eigenvalue weighted by Gasteiger charge is 2.41. The summed E-state index contributed by atoms with van der Waals surface area (Å²) in [6.45, 7) is 2.30. The second-order valence-corrected chi connectivity index (χ2v) is 6.89. The fourth-order valence-corrected chi connectivity index (χ4v) is 3.94. The first-order chi connectivity index (χ1) is 12.2. The van der Waals surface area contributed by atoms with Crippen LogP contribution in [0.1, 0.15) is 37.3 Å². The van der Waals surface area contributed by atoms with Gasteiger partial charge in [-0.15, -0.1) is 0 Å². The molecule has 3 heterocycles. The summed E-state index contributed by atoms with van der Waals surface area (Å²) in [6, 6.07) is 3.97. The van der Waals surface area contributed by atoms with Gasteiger partial charge in [0.05, 0.1) is 38.2 Å². The zero-order valence-corrected chi connectivity index (χ0v) is 14.5. The van der Waals surface area contributed by atoms with Crippen molar-refractivity contribution in [3.05, 3.63) is 24.0 Å². The Morgan fingerprint density at radius 3 is 2.68 bits per heavy atom. The molecule has 0 N–H and O–H groups in total. The van der Waals surface area contributed by atoms with E-state index in [1.165, 1.54) is 0 Å². The number of anilines is 1. The van der Waals surface area contributed by atoms with Crippen molar-refractivity contribution < 1.29 is 23.7 Å². The van der Waals surface area contributed by atoms with Crippen LogP contribution in [-0.4, -0.2) is 56.4 Å². The van der Waals surface area contributed by atoms with Crippen molar-refractivity contribution in [1.82, 2.24) is 4.98 Å². The number of hydrogen-bond acceptors (Lipinski definition) is 6. The molecule has 1 aliphatic carbocycles. The van der Waals surface area contributed by atoms with Crippen LogP contribution >= 0.6 is 0 Å². The lowest BCUT2D eigenvalue weighted by Gasteiger charge is -2.35. The molecule has 0 aromatic carbocycles. The molecule has 2 saturated heterocycles. The van der Waals surface area contributed by atoms with Crippen molar-refractivity contribution in [2.75, 3.05) is 38.4 Å². The van der Waals surface area contributed by atoms with Crippen molar-refractivity contribution in [1.29, 1.82) is 0 Å². The predicted octanol–water partition coefficient (Wildman–Crippen LogP) is 2.45. The SMILES string of the molecule is COCC1CN(c2ccc(C3CCC4(CC3)OCCO4)nc2)C(=O)O1. The number of carbonyl (C=O) groups excluding carboxylic acids is 1. The van der Waals surface area contributed by atoms with Gasteiger partial charge in [0.25, 0.3) is 0 Å². The lowest BCUT2D eigenvalue weighted by Crippen LogP contribution is -2.34. The second-order valence-electron chi connectivity index (χ2n) is 6.89. The molecular weight excluding hydrogens is 324 g/mol. The van der Waals surface area contributed by atoms with Crippen molar-refractivity contribution in [3.63, 3.8) is 0 Å². The van der Waals surface area contributed by atoms with E-state index in [0.717, 1.165) is 37.1 Å². The molecule has 1 spiro atoms. The van der Waals surface area contributed by atoms with Gasteiger partial charge in [0.2, 0.25) is 0 Å². The second kappa shape index (κ2) is 6.90. The molecule has 1 saturated carbocycles. The number of amides is 1. The summed E-state index contributed by atoms with van der Waals surface area (Å²) in [7, 11) is 1.60. The summed E-state index contributed by atoms with van der Waals surface area (Å²) in [6.07, 6.45) is 5.04. The van der Waals surface area contributed by atoms with Gasteiger partial charge in [-0.05, 0) is 25.0 Å². The largest absolute Gasteiger partial charge is 0.441 e. The Balaban J connectivity index is 1.38. The highest BCUT2D eigenvalue weighted by atomic mass is 16.7. The van der Waals surface area contributed by atoms with E-state index in [-0.39, 0.29) is 18.0 Å². The van der Waals surface area contributed by atoms with E-state index in [1.807, 2.05) is 12.1 Å². The van der Waals surface area contributed by atoms with Gasteiger partial charge in [-0.1, -0.05) is 0 Å². The third-order valence-electron chi connectivity index (χ3n) is 5.29. The quantitative estimate of drug-likeness (QED) is 0.832. The Labute approximate surface area is 147 Å². The van der Waals surface area contributed by atoms with E-state index in [1.54, 1.807) is 18.2 Å². The van der Waals surface area contributed by atoms with E-state index in [2.05, 4.69) is 4.98 Å². The first kappa shape index (κ1) is 16.8. The molecule has 136 valence electrons. The summed E-state index contributed by atoms with van der Waals surface area (Å²) in [5.74, 6) is 0.0748. The lowest BCUT2D eigenvalue weighted by atomic mass is 9.83. The van der Waals surface area contributed by atoms with Crippen LogP contribution in [-0.2, 0) is 18.9 Å². The predicted molar refractivity (Wildman–Crippen MR) is 89.6 cm³/mol. The van der Waals surface area contributed by atoms with Gasteiger partial charge in [0.15, 0.2) is 5.79 Å². The Bertz CT molecular complexity index is 604. The Morgan fingerprint density at radius 1 is 1.28 bits per heavy atom. The molecule has 1 atom stereocenters. The highest BCUT2D eigenvalue weighted by molar-refractivity contribution is 5.89. The van der Waals surface area contributed by atoms with Crippen LogP contribution in [0.3, 0.4) is 0 Å². The minimum atomic E-state index is -0.341. The van der Waals surface area contributed by atoms with Crippen LogP contribution in [0.2, 0.25) is 0 Å². The fourth-order valence-electron chi connectivity index (χ4n) is 3.94. The fraction of sp³-hybridized carbons (Fsp3) is 0.667. The van der Waals surface area contributed by atoms with Crippen molar-refractivity contribution >= 4 is 11.8 Å². The summed E-state index contributed by atoms with van der Waals surface area (Å²) in [4.78, 5) is 18.2. The highest BCUT2D eigenvalue weighted by Crippen LogP contribution is 2.42. The molecule has 7 nitrogen and oxygen atoms in total. The van der Waals surface area contributed by atoms with Gasteiger partial charge in [-0.3, -0.25) is 9.88 Å². The van der Waals surface area contributed by atoms with Crippen LogP contribution in [0.4, 0.5) is 10.5 Å². The zero-order valence-electron chi connectivity index (χ0n) is 14.5. The molecule has 1 aromatic heterocycles. The van der Waals surface area contributed by atoms with Gasteiger partial charge in [0.1, 0.15) is 6.10 Å². The number of pyridine rings is 1. The molecule has 1 aromatic rings. The number of hydrogen-bond donors (Lipinski definition) is 0. The topological polar surface area (TPSA) is 70.1 Å². The third kappa shape index (κ3) is 3.36. The maximum atomic E-state index is 12.0. The first-order valence-corrected chi connectivity index (χ1v) is 8.90. The minimum absolute atomic E-state index is 0.224. The summed E-state index contributed by atoms with van der Waals surface area (Å²) in [5.41, 5.74) is 1.83. The van der Waals surface area contributed by atoms with Crippen molar-refractivity contribution in [3.8, 4) is 0 Å². The first-order valence-electron chi connectivity index (χ1n) is 8.90. The van der Waals surface area contributed by atoms with Crippen LogP contribution in [0, 0.1) is 0 Å². The number of carbonyl (C=O) groups is 1. The van der Waals surface area contributed by atoms with Crippen LogP contribution in [0.5, 0.6) is 0 Å². The normalized spacial score (nSPS) is 26.4. The van der Waals surface area contributed by atoms with Gasteiger partial charge in [-0.2, -0.15) is 0 Å². The minimum Gasteiger partial charge on any atom is -0.441 e. The van der Waals surface area contributed by atoms with Crippen LogP contribution in [0.25, 0.3) is 0 Å². The average Bonchev–Trinajstić information content (AvgIpc) is 3.23.